The maximum Gasteiger partial charge on any atom is 0.159 e. The van der Waals surface area contributed by atoms with E-state index in [1.165, 1.54) is 0 Å². The molecule has 0 saturated carbocycles. The zero-order valence-corrected chi connectivity index (χ0v) is 20.5. The summed E-state index contributed by atoms with van der Waals surface area (Å²) in [6.07, 6.45) is 7.55. The molecule has 0 aliphatic rings. The molecule has 0 bridgehead atoms. The zero-order chi connectivity index (χ0) is 25.3. The molecule has 0 N–H and O–H groups in total. The highest BCUT2D eigenvalue weighted by Gasteiger charge is 2.17. The van der Waals surface area contributed by atoms with E-state index in [9.17, 15) is 0 Å². The van der Waals surface area contributed by atoms with E-state index >= 15 is 0 Å². The number of anilines is 3. The molecule has 4 aromatic carbocycles. The SMILES string of the molecule is c1ccc(-c2ncc(-n3c4ccncc4c4cc(N(c5ccccc5)c5ccccc5)ccc43)cn2)cc1. The minimum absolute atomic E-state index is 0.709. The van der Waals surface area contributed by atoms with Crippen molar-refractivity contribution >= 4 is 38.9 Å². The fourth-order valence-corrected chi connectivity index (χ4v) is 5.05. The predicted octanol–water partition coefficient (Wildman–Crippen LogP) is 8.11. The van der Waals surface area contributed by atoms with Gasteiger partial charge in [0.2, 0.25) is 0 Å². The average Bonchev–Trinajstić information content (AvgIpc) is 3.33. The molecule has 0 saturated heterocycles. The molecule has 180 valence electrons. The van der Waals surface area contributed by atoms with Crippen molar-refractivity contribution in [3.63, 3.8) is 0 Å². The summed E-state index contributed by atoms with van der Waals surface area (Å²) < 4.78 is 2.21. The second-order valence-electron chi connectivity index (χ2n) is 9.07. The van der Waals surface area contributed by atoms with Gasteiger partial charge < -0.3 is 9.47 Å². The minimum Gasteiger partial charge on any atom is -0.310 e. The highest BCUT2D eigenvalue weighted by molar-refractivity contribution is 6.10. The normalized spacial score (nSPS) is 11.2. The van der Waals surface area contributed by atoms with E-state index in [0.29, 0.717) is 5.82 Å². The van der Waals surface area contributed by atoms with Gasteiger partial charge in [0.1, 0.15) is 0 Å². The second-order valence-corrected chi connectivity index (χ2v) is 9.07. The number of fused-ring (bicyclic) bond motifs is 3. The summed E-state index contributed by atoms with van der Waals surface area (Å²) in [5.74, 6) is 0.709. The van der Waals surface area contributed by atoms with Crippen LogP contribution in [-0.4, -0.2) is 19.5 Å². The molecule has 0 atom stereocenters. The lowest BCUT2D eigenvalue weighted by molar-refractivity contribution is 1.08. The van der Waals surface area contributed by atoms with Crippen molar-refractivity contribution in [3.05, 3.63) is 140 Å². The van der Waals surface area contributed by atoms with Crippen molar-refractivity contribution in [2.45, 2.75) is 0 Å². The molecule has 5 heteroatoms. The van der Waals surface area contributed by atoms with Crippen LogP contribution in [0.2, 0.25) is 0 Å². The monoisotopic (exact) mass is 489 g/mol. The summed E-state index contributed by atoms with van der Waals surface area (Å²) in [5.41, 5.74) is 7.33. The molecule has 0 unspecified atom stereocenters. The minimum atomic E-state index is 0.709. The van der Waals surface area contributed by atoms with Gasteiger partial charge in [-0.25, -0.2) is 9.97 Å². The molecule has 7 aromatic rings. The van der Waals surface area contributed by atoms with Crippen LogP contribution in [0.5, 0.6) is 0 Å². The number of rotatable bonds is 5. The summed E-state index contributed by atoms with van der Waals surface area (Å²) in [5, 5.41) is 2.20. The third-order valence-corrected chi connectivity index (χ3v) is 6.77. The van der Waals surface area contributed by atoms with E-state index in [-0.39, 0.29) is 0 Å². The van der Waals surface area contributed by atoms with E-state index in [4.69, 9.17) is 0 Å². The van der Waals surface area contributed by atoms with Crippen molar-refractivity contribution < 1.29 is 0 Å². The van der Waals surface area contributed by atoms with Crippen LogP contribution in [0, 0.1) is 0 Å². The Morgan fingerprint density at radius 2 is 1.13 bits per heavy atom. The number of hydrogen-bond acceptors (Lipinski definition) is 4. The Labute approximate surface area is 220 Å². The Balaban J connectivity index is 1.40. The maximum atomic E-state index is 4.69. The van der Waals surface area contributed by atoms with E-state index in [1.54, 1.807) is 0 Å². The lowest BCUT2D eigenvalue weighted by atomic mass is 10.1. The lowest BCUT2D eigenvalue weighted by Gasteiger charge is -2.25. The van der Waals surface area contributed by atoms with E-state index in [0.717, 1.165) is 50.1 Å². The molecular formula is C33H23N5. The average molecular weight is 490 g/mol. The van der Waals surface area contributed by atoms with Crippen molar-refractivity contribution in [1.29, 1.82) is 0 Å². The van der Waals surface area contributed by atoms with Crippen molar-refractivity contribution in [2.75, 3.05) is 4.90 Å². The van der Waals surface area contributed by atoms with Gasteiger partial charge in [-0.15, -0.1) is 0 Å². The molecule has 0 spiro atoms. The number of nitrogens with zero attached hydrogens (tertiary/aromatic N) is 5. The van der Waals surface area contributed by atoms with Crippen LogP contribution in [-0.2, 0) is 0 Å². The van der Waals surface area contributed by atoms with Crippen LogP contribution < -0.4 is 4.90 Å². The topological polar surface area (TPSA) is 46.8 Å². The Morgan fingerprint density at radius 1 is 0.526 bits per heavy atom. The fraction of sp³-hybridized carbons (Fsp3) is 0. The summed E-state index contributed by atoms with van der Waals surface area (Å²) in [6.45, 7) is 0. The first-order valence-electron chi connectivity index (χ1n) is 12.5. The molecule has 0 amide bonds. The first-order chi connectivity index (χ1) is 18.9. The van der Waals surface area contributed by atoms with Gasteiger partial charge in [0.15, 0.2) is 5.82 Å². The van der Waals surface area contributed by atoms with Crippen LogP contribution >= 0.6 is 0 Å². The maximum absolute atomic E-state index is 4.69. The summed E-state index contributed by atoms with van der Waals surface area (Å²) in [4.78, 5) is 16.1. The standard InChI is InChI=1S/C33H23N5/c1-4-10-24(11-5-1)33-35-21-28(22-36-33)38-31-17-16-27(20-29(31)30-23-34-19-18-32(30)38)37(25-12-6-2-7-13-25)26-14-8-3-9-15-26/h1-23H. The van der Waals surface area contributed by atoms with Gasteiger partial charge in [-0.05, 0) is 48.5 Å². The Morgan fingerprint density at radius 3 is 1.79 bits per heavy atom. The molecule has 3 heterocycles. The van der Waals surface area contributed by atoms with E-state index in [2.05, 4.69) is 91.1 Å². The molecule has 0 radical (unpaired) electrons. The second kappa shape index (κ2) is 9.30. The lowest BCUT2D eigenvalue weighted by Crippen LogP contribution is -2.09. The largest absolute Gasteiger partial charge is 0.310 e. The van der Waals surface area contributed by atoms with E-state index in [1.807, 2.05) is 73.3 Å². The van der Waals surface area contributed by atoms with Crippen molar-refractivity contribution in [1.82, 2.24) is 19.5 Å². The highest BCUT2D eigenvalue weighted by Crippen LogP contribution is 2.39. The number of hydrogen-bond donors (Lipinski definition) is 0. The van der Waals surface area contributed by atoms with Gasteiger partial charge in [0.25, 0.3) is 0 Å². The van der Waals surface area contributed by atoms with Crippen molar-refractivity contribution in [3.8, 4) is 17.1 Å². The van der Waals surface area contributed by atoms with Crippen LogP contribution in [0.4, 0.5) is 17.1 Å². The number of aromatic nitrogens is 4. The van der Waals surface area contributed by atoms with Gasteiger partial charge in [-0.2, -0.15) is 0 Å². The van der Waals surface area contributed by atoms with Crippen LogP contribution in [0.15, 0.2) is 140 Å². The Bertz CT molecular complexity index is 1810. The molecule has 38 heavy (non-hydrogen) atoms. The van der Waals surface area contributed by atoms with Crippen LogP contribution in [0.25, 0.3) is 38.9 Å². The summed E-state index contributed by atoms with van der Waals surface area (Å²) >= 11 is 0. The van der Waals surface area contributed by atoms with Gasteiger partial charge in [0, 0.05) is 45.8 Å². The fourth-order valence-electron chi connectivity index (χ4n) is 5.05. The smallest absolute Gasteiger partial charge is 0.159 e. The molecule has 3 aromatic heterocycles. The number of para-hydroxylation sites is 2. The molecule has 5 nitrogen and oxygen atoms in total. The van der Waals surface area contributed by atoms with Gasteiger partial charge >= 0.3 is 0 Å². The molecule has 0 aliphatic heterocycles. The number of benzene rings is 4. The van der Waals surface area contributed by atoms with E-state index < -0.39 is 0 Å². The molecule has 0 aliphatic carbocycles. The molecular weight excluding hydrogens is 466 g/mol. The van der Waals surface area contributed by atoms with Gasteiger partial charge in [-0.1, -0.05) is 66.7 Å². The number of pyridine rings is 1. The molecule has 7 rings (SSSR count). The van der Waals surface area contributed by atoms with Crippen molar-refractivity contribution in [2.24, 2.45) is 0 Å². The zero-order valence-electron chi connectivity index (χ0n) is 20.5. The summed E-state index contributed by atoms with van der Waals surface area (Å²) in [7, 11) is 0. The Hall–Kier alpha value is -5.29. The third kappa shape index (κ3) is 3.78. The quantitative estimate of drug-likeness (QED) is 0.245. The van der Waals surface area contributed by atoms with Gasteiger partial charge in [-0.3, -0.25) is 4.98 Å². The first-order valence-corrected chi connectivity index (χ1v) is 12.5. The predicted molar refractivity (Wildman–Crippen MR) is 154 cm³/mol. The summed E-state index contributed by atoms with van der Waals surface area (Å²) in [6, 6.07) is 39.6. The third-order valence-electron chi connectivity index (χ3n) is 6.77. The Kier molecular flexibility index (Phi) is 5.37. The van der Waals surface area contributed by atoms with Crippen LogP contribution in [0.1, 0.15) is 0 Å². The van der Waals surface area contributed by atoms with Crippen LogP contribution in [0.3, 0.4) is 0 Å². The highest BCUT2D eigenvalue weighted by atomic mass is 15.1. The molecule has 0 fully saturated rings. The van der Waals surface area contributed by atoms with Gasteiger partial charge in [0.05, 0.1) is 29.1 Å². The first kappa shape index (κ1) is 21.9.